The molecule has 96 valence electrons. The third-order valence-electron chi connectivity index (χ3n) is 3.87. The summed E-state index contributed by atoms with van der Waals surface area (Å²) < 4.78 is 1.72. The van der Waals surface area contributed by atoms with E-state index in [0.717, 1.165) is 17.2 Å². The van der Waals surface area contributed by atoms with Crippen molar-refractivity contribution in [1.29, 1.82) is 0 Å². The van der Waals surface area contributed by atoms with Crippen molar-refractivity contribution in [3.8, 4) is 0 Å². The minimum absolute atomic E-state index is 0.0124. The number of nitrogen functional groups attached to an aromatic ring is 1. The van der Waals surface area contributed by atoms with Crippen LogP contribution in [0.5, 0.6) is 0 Å². The highest BCUT2D eigenvalue weighted by Gasteiger charge is 2.17. The molecule has 2 rings (SSSR count). The Kier molecular flexibility index (Phi) is 3.41. The van der Waals surface area contributed by atoms with Gasteiger partial charge in [0.1, 0.15) is 5.82 Å². The molecular formula is C15H20N2O. The Bertz CT molecular complexity index is 615. The number of anilines is 1. The molecule has 0 radical (unpaired) electrons. The van der Waals surface area contributed by atoms with Crippen molar-refractivity contribution in [2.45, 2.75) is 33.2 Å². The quantitative estimate of drug-likeness (QED) is 0.901. The molecule has 2 N–H and O–H groups in total. The highest BCUT2D eigenvalue weighted by molar-refractivity contribution is 5.83. The number of benzene rings is 1. The summed E-state index contributed by atoms with van der Waals surface area (Å²) in [5, 5.41) is 1.65. The van der Waals surface area contributed by atoms with Gasteiger partial charge in [-0.05, 0) is 30.4 Å². The lowest BCUT2D eigenvalue weighted by atomic mass is 10.00. The molecule has 1 aromatic heterocycles. The Morgan fingerprint density at radius 1 is 1.28 bits per heavy atom. The fraction of sp³-hybridized carbons (Fsp3) is 0.400. The lowest BCUT2D eigenvalue weighted by Gasteiger charge is -2.23. The van der Waals surface area contributed by atoms with E-state index in [0.29, 0.717) is 11.7 Å². The summed E-state index contributed by atoms with van der Waals surface area (Å²) in [5.74, 6) is 0.970. The first-order chi connectivity index (χ1) is 8.56. The van der Waals surface area contributed by atoms with E-state index in [2.05, 4.69) is 20.8 Å². The van der Waals surface area contributed by atoms with E-state index in [1.165, 1.54) is 0 Å². The summed E-state index contributed by atoms with van der Waals surface area (Å²) in [6.45, 7) is 6.33. The summed E-state index contributed by atoms with van der Waals surface area (Å²) in [6, 6.07) is 9.59. The van der Waals surface area contributed by atoms with Gasteiger partial charge in [0.2, 0.25) is 0 Å². The minimum atomic E-state index is 0.0124. The lowest BCUT2D eigenvalue weighted by Crippen LogP contribution is -2.29. The number of fused-ring (bicyclic) bond motifs is 1. The minimum Gasteiger partial charge on any atom is -0.385 e. The van der Waals surface area contributed by atoms with Crippen LogP contribution in [0, 0.1) is 5.92 Å². The maximum atomic E-state index is 12.5. The van der Waals surface area contributed by atoms with Crippen molar-refractivity contribution in [1.82, 2.24) is 4.57 Å². The SMILES string of the molecule is CCC(C)C(C)n1c(N)cc2ccccc2c1=O. The molecular weight excluding hydrogens is 224 g/mol. The molecule has 1 heterocycles. The average Bonchev–Trinajstić information content (AvgIpc) is 2.37. The summed E-state index contributed by atoms with van der Waals surface area (Å²) in [6.07, 6.45) is 1.03. The van der Waals surface area contributed by atoms with Gasteiger partial charge in [-0.1, -0.05) is 38.5 Å². The van der Waals surface area contributed by atoms with Crippen LogP contribution in [0.15, 0.2) is 35.1 Å². The van der Waals surface area contributed by atoms with Crippen molar-refractivity contribution in [3.63, 3.8) is 0 Å². The van der Waals surface area contributed by atoms with Crippen molar-refractivity contribution in [2.75, 3.05) is 5.73 Å². The van der Waals surface area contributed by atoms with E-state index in [1.807, 2.05) is 30.3 Å². The number of hydrogen-bond donors (Lipinski definition) is 1. The van der Waals surface area contributed by atoms with Crippen molar-refractivity contribution >= 4 is 16.6 Å². The average molecular weight is 244 g/mol. The molecule has 2 aromatic rings. The van der Waals surface area contributed by atoms with Crippen molar-refractivity contribution in [3.05, 3.63) is 40.7 Å². The van der Waals surface area contributed by atoms with Crippen LogP contribution in [0.4, 0.5) is 5.82 Å². The van der Waals surface area contributed by atoms with Crippen LogP contribution in [0.1, 0.15) is 33.2 Å². The Morgan fingerprint density at radius 3 is 2.61 bits per heavy atom. The van der Waals surface area contributed by atoms with E-state index >= 15 is 0 Å². The largest absolute Gasteiger partial charge is 0.385 e. The molecule has 0 spiro atoms. The molecule has 18 heavy (non-hydrogen) atoms. The fourth-order valence-corrected chi connectivity index (χ4v) is 2.31. The summed E-state index contributed by atoms with van der Waals surface area (Å²) in [7, 11) is 0. The van der Waals surface area contributed by atoms with Gasteiger partial charge >= 0.3 is 0 Å². The molecule has 1 aromatic carbocycles. The van der Waals surface area contributed by atoms with Crippen LogP contribution in [0.3, 0.4) is 0 Å². The number of aromatic nitrogens is 1. The van der Waals surface area contributed by atoms with Gasteiger partial charge in [0, 0.05) is 11.4 Å². The lowest BCUT2D eigenvalue weighted by molar-refractivity contribution is 0.367. The van der Waals surface area contributed by atoms with Gasteiger partial charge in [-0.15, -0.1) is 0 Å². The zero-order valence-corrected chi connectivity index (χ0v) is 11.2. The highest BCUT2D eigenvalue weighted by Crippen LogP contribution is 2.23. The van der Waals surface area contributed by atoms with Gasteiger partial charge in [0.25, 0.3) is 5.56 Å². The molecule has 0 aliphatic carbocycles. The third kappa shape index (κ3) is 2.01. The Balaban J connectivity index is 2.68. The zero-order chi connectivity index (χ0) is 13.3. The fourth-order valence-electron chi connectivity index (χ4n) is 2.31. The molecule has 0 aliphatic rings. The summed E-state index contributed by atoms with van der Waals surface area (Å²) >= 11 is 0. The van der Waals surface area contributed by atoms with Gasteiger partial charge in [0.15, 0.2) is 0 Å². The van der Waals surface area contributed by atoms with Crippen LogP contribution in [-0.4, -0.2) is 4.57 Å². The molecule has 0 amide bonds. The monoisotopic (exact) mass is 244 g/mol. The van der Waals surface area contributed by atoms with E-state index < -0.39 is 0 Å². The van der Waals surface area contributed by atoms with E-state index in [4.69, 9.17) is 5.73 Å². The highest BCUT2D eigenvalue weighted by atomic mass is 16.1. The molecule has 0 fully saturated rings. The third-order valence-corrected chi connectivity index (χ3v) is 3.87. The molecule has 3 nitrogen and oxygen atoms in total. The predicted octanol–water partition coefficient (Wildman–Crippen LogP) is 3.19. The van der Waals surface area contributed by atoms with Gasteiger partial charge < -0.3 is 5.73 Å². The van der Waals surface area contributed by atoms with Gasteiger partial charge in [-0.3, -0.25) is 9.36 Å². The Hall–Kier alpha value is -1.77. The Morgan fingerprint density at radius 2 is 1.94 bits per heavy atom. The maximum Gasteiger partial charge on any atom is 0.260 e. The normalized spacial score (nSPS) is 14.6. The molecule has 0 aliphatic heterocycles. The molecule has 0 saturated heterocycles. The first kappa shape index (κ1) is 12.7. The number of pyridine rings is 1. The first-order valence-corrected chi connectivity index (χ1v) is 6.46. The second-order valence-electron chi connectivity index (χ2n) is 4.96. The summed E-state index contributed by atoms with van der Waals surface area (Å²) in [4.78, 5) is 12.5. The zero-order valence-electron chi connectivity index (χ0n) is 11.2. The number of nitrogens with two attached hydrogens (primary N) is 1. The molecule has 0 bridgehead atoms. The smallest absolute Gasteiger partial charge is 0.260 e. The van der Waals surface area contributed by atoms with Gasteiger partial charge in [0.05, 0.1) is 0 Å². The molecule has 0 saturated carbocycles. The second kappa shape index (κ2) is 4.84. The summed E-state index contributed by atoms with van der Waals surface area (Å²) in [5.41, 5.74) is 6.06. The molecule has 2 unspecified atom stereocenters. The standard InChI is InChI=1S/C15H20N2O/c1-4-10(2)11(3)17-14(16)9-12-7-5-6-8-13(12)15(17)18/h5-11H,4,16H2,1-3H3. The van der Waals surface area contributed by atoms with E-state index in [1.54, 1.807) is 4.57 Å². The van der Waals surface area contributed by atoms with Gasteiger partial charge in [-0.2, -0.15) is 0 Å². The second-order valence-corrected chi connectivity index (χ2v) is 4.96. The van der Waals surface area contributed by atoms with E-state index in [-0.39, 0.29) is 11.6 Å². The first-order valence-electron chi connectivity index (χ1n) is 6.46. The topological polar surface area (TPSA) is 48.0 Å². The van der Waals surface area contributed by atoms with Crippen LogP contribution >= 0.6 is 0 Å². The number of nitrogens with zero attached hydrogens (tertiary/aromatic N) is 1. The Labute approximate surface area is 107 Å². The number of hydrogen-bond acceptors (Lipinski definition) is 2. The maximum absolute atomic E-state index is 12.5. The van der Waals surface area contributed by atoms with Crippen molar-refractivity contribution < 1.29 is 0 Å². The number of rotatable bonds is 3. The van der Waals surface area contributed by atoms with Crippen LogP contribution in [0.25, 0.3) is 10.8 Å². The van der Waals surface area contributed by atoms with Crippen LogP contribution < -0.4 is 11.3 Å². The van der Waals surface area contributed by atoms with E-state index in [9.17, 15) is 4.79 Å². The van der Waals surface area contributed by atoms with Crippen LogP contribution in [-0.2, 0) is 0 Å². The molecule has 3 heteroatoms. The van der Waals surface area contributed by atoms with Crippen LogP contribution in [0.2, 0.25) is 0 Å². The predicted molar refractivity (Wildman–Crippen MR) is 76.8 cm³/mol. The van der Waals surface area contributed by atoms with Gasteiger partial charge in [-0.25, -0.2) is 0 Å². The van der Waals surface area contributed by atoms with Crippen molar-refractivity contribution in [2.24, 2.45) is 5.92 Å². The molecule has 2 atom stereocenters.